The molecule has 0 radical (unpaired) electrons. The highest BCUT2D eigenvalue weighted by Crippen LogP contribution is 2.27. The van der Waals surface area contributed by atoms with Crippen LogP contribution in [0.15, 0.2) is 12.1 Å². The van der Waals surface area contributed by atoms with Crippen LogP contribution < -0.4 is 10.1 Å². The average Bonchev–Trinajstić information content (AvgIpc) is 2.37. The summed E-state index contributed by atoms with van der Waals surface area (Å²) in [5, 5.41) is 12.5. The minimum atomic E-state index is -0.191. The number of ether oxygens (including phenoxy) is 1. The van der Waals surface area contributed by atoms with E-state index in [1.807, 2.05) is 0 Å². The summed E-state index contributed by atoms with van der Waals surface area (Å²) in [7, 11) is 0. The molecular formula is C11H16N2O2. The van der Waals surface area contributed by atoms with Crippen LogP contribution in [0, 0.1) is 0 Å². The molecule has 0 aliphatic carbocycles. The molecule has 0 aromatic carbocycles. The third-order valence-corrected chi connectivity index (χ3v) is 2.81. The van der Waals surface area contributed by atoms with E-state index >= 15 is 0 Å². The lowest BCUT2D eigenvalue weighted by Crippen LogP contribution is -2.40. The van der Waals surface area contributed by atoms with Gasteiger partial charge in [0.05, 0.1) is 0 Å². The first kappa shape index (κ1) is 10.2. The maximum atomic E-state index is 9.27. The molecule has 1 atom stereocenters. The molecule has 4 heteroatoms. The minimum absolute atomic E-state index is 0.0410. The van der Waals surface area contributed by atoms with Crippen LogP contribution in [0.25, 0.3) is 0 Å². The lowest BCUT2D eigenvalue weighted by Gasteiger charge is -2.27. The minimum Gasteiger partial charge on any atom is -0.493 e. The van der Waals surface area contributed by atoms with Crippen molar-refractivity contribution in [3.63, 3.8) is 0 Å². The molecular weight excluding hydrogens is 192 g/mol. The fourth-order valence-electron chi connectivity index (χ4n) is 1.64. The predicted molar refractivity (Wildman–Crippen MR) is 56.9 cm³/mol. The standard InChI is InChI=1S/C11H16N2O2/c1-3-11(2)7-12-6-8-9(15-11)4-5-10(14)13-8/h4-5,12H,3,6-7H2,1-2H3,(H,13,14)/t11-/m1/s1. The maximum absolute atomic E-state index is 9.27. The lowest BCUT2D eigenvalue weighted by molar-refractivity contribution is 0.0896. The van der Waals surface area contributed by atoms with Crippen molar-refractivity contribution in [1.29, 1.82) is 0 Å². The number of nitrogens with zero attached hydrogens (tertiary/aromatic N) is 1. The second-order valence-corrected chi connectivity index (χ2v) is 4.12. The fourth-order valence-corrected chi connectivity index (χ4v) is 1.64. The Kier molecular flexibility index (Phi) is 2.52. The second-order valence-electron chi connectivity index (χ2n) is 4.12. The molecule has 1 aliphatic rings. The number of rotatable bonds is 1. The maximum Gasteiger partial charge on any atom is 0.211 e. The zero-order chi connectivity index (χ0) is 10.9. The molecule has 2 N–H and O–H groups in total. The number of nitrogens with one attached hydrogen (secondary N) is 1. The van der Waals surface area contributed by atoms with Gasteiger partial charge in [-0.25, -0.2) is 4.98 Å². The summed E-state index contributed by atoms with van der Waals surface area (Å²) in [6.45, 7) is 5.60. The Labute approximate surface area is 89.3 Å². The SMILES string of the molecule is CC[C@]1(C)CNCc2nc(O)ccc2O1. The van der Waals surface area contributed by atoms with E-state index in [0.717, 1.165) is 24.4 Å². The lowest BCUT2D eigenvalue weighted by atomic mass is 10.0. The van der Waals surface area contributed by atoms with Gasteiger partial charge in [-0.15, -0.1) is 0 Å². The van der Waals surface area contributed by atoms with E-state index in [-0.39, 0.29) is 11.5 Å². The van der Waals surface area contributed by atoms with E-state index in [4.69, 9.17) is 4.74 Å². The van der Waals surface area contributed by atoms with E-state index in [1.54, 1.807) is 12.1 Å². The normalized spacial score (nSPS) is 25.2. The van der Waals surface area contributed by atoms with Crippen molar-refractivity contribution in [3.05, 3.63) is 17.8 Å². The molecule has 82 valence electrons. The van der Waals surface area contributed by atoms with Crippen LogP contribution >= 0.6 is 0 Å². The van der Waals surface area contributed by atoms with Crippen LogP contribution in [0.1, 0.15) is 26.0 Å². The van der Waals surface area contributed by atoms with E-state index in [1.165, 1.54) is 0 Å². The molecule has 15 heavy (non-hydrogen) atoms. The highest BCUT2D eigenvalue weighted by atomic mass is 16.5. The van der Waals surface area contributed by atoms with Gasteiger partial charge >= 0.3 is 0 Å². The van der Waals surface area contributed by atoms with Gasteiger partial charge in [0.15, 0.2) is 0 Å². The first-order valence-electron chi connectivity index (χ1n) is 5.21. The molecule has 1 aromatic rings. The van der Waals surface area contributed by atoms with Crippen LogP contribution in [-0.2, 0) is 6.54 Å². The van der Waals surface area contributed by atoms with Gasteiger partial charge in [-0.3, -0.25) is 0 Å². The summed E-state index contributed by atoms with van der Waals surface area (Å²) < 4.78 is 5.91. The van der Waals surface area contributed by atoms with Crippen LogP contribution in [0.3, 0.4) is 0 Å². The summed E-state index contributed by atoms with van der Waals surface area (Å²) in [5.41, 5.74) is 0.580. The van der Waals surface area contributed by atoms with Gasteiger partial charge in [0.1, 0.15) is 17.0 Å². The van der Waals surface area contributed by atoms with Crippen molar-refractivity contribution in [2.45, 2.75) is 32.4 Å². The highest BCUT2D eigenvalue weighted by molar-refractivity contribution is 5.32. The number of hydrogen-bond donors (Lipinski definition) is 2. The Morgan fingerprint density at radius 3 is 3.13 bits per heavy atom. The number of hydrogen-bond acceptors (Lipinski definition) is 4. The molecule has 2 heterocycles. The van der Waals surface area contributed by atoms with Gasteiger partial charge < -0.3 is 15.2 Å². The third kappa shape index (κ3) is 2.04. The first-order valence-corrected chi connectivity index (χ1v) is 5.21. The van der Waals surface area contributed by atoms with E-state index < -0.39 is 0 Å². The van der Waals surface area contributed by atoms with Gasteiger partial charge in [0.25, 0.3) is 0 Å². The van der Waals surface area contributed by atoms with Gasteiger partial charge in [-0.05, 0) is 19.4 Å². The molecule has 0 saturated carbocycles. The van der Waals surface area contributed by atoms with Crippen molar-refractivity contribution in [1.82, 2.24) is 10.3 Å². The van der Waals surface area contributed by atoms with Crippen molar-refractivity contribution in [3.8, 4) is 11.6 Å². The first-order chi connectivity index (χ1) is 7.13. The molecule has 4 nitrogen and oxygen atoms in total. The van der Waals surface area contributed by atoms with Gasteiger partial charge in [0, 0.05) is 19.2 Å². The smallest absolute Gasteiger partial charge is 0.211 e. The molecule has 1 aromatic heterocycles. The quantitative estimate of drug-likeness (QED) is 0.733. The molecule has 0 amide bonds. The van der Waals surface area contributed by atoms with E-state index in [9.17, 15) is 5.11 Å². The van der Waals surface area contributed by atoms with Crippen LogP contribution in [0.5, 0.6) is 11.6 Å². The molecule has 1 aliphatic heterocycles. The molecule has 0 unspecified atom stereocenters. The van der Waals surface area contributed by atoms with Crippen molar-refractivity contribution in [2.75, 3.05) is 6.54 Å². The van der Waals surface area contributed by atoms with Crippen molar-refractivity contribution in [2.24, 2.45) is 0 Å². The van der Waals surface area contributed by atoms with Gasteiger partial charge in [-0.2, -0.15) is 0 Å². The number of fused-ring (bicyclic) bond motifs is 1. The Bertz CT molecular complexity index is 368. The monoisotopic (exact) mass is 208 g/mol. The molecule has 2 rings (SSSR count). The summed E-state index contributed by atoms with van der Waals surface area (Å²) in [4.78, 5) is 4.04. The predicted octanol–water partition coefficient (Wildman–Crippen LogP) is 1.44. The van der Waals surface area contributed by atoms with E-state index in [2.05, 4.69) is 24.1 Å². The number of pyridine rings is 1. The summed E-state index contributed by atoms with van der Waals surface area (Å²) in [5.74, 6) is 0.807. The zero-order valence-electron chi connectivity index (χ0n) is 9.08. The van der Waals surface area contributed by atoms with Gasteiger partial charge in [-0.1, -0.05) is 6.92 Å². The van der Waals surface area contributed by atoms with E-state index in [0.29, 0.717) is 6.54 Å². The third-order valence-electron chi connectivity index (χ3n) is 2.81. The van der Waals surface area contributed by atoms with Crippen molar-refractivity contribution < 1.29 is 9.84 Å². The summed E-state index contributed by atoms with van der Waals surface area (Å²) in [6.07, 6.45) is 0.931. The Hall–Kier alpha value is -1.29. The van der Waals surface area contributed by atoms with Gasteiger partial charge in [0.2, 0.25) is 5.88 Å². The fraction of sp³-hybridized carbons (Fsp3) is 0.545. The molecule has 0 fully saturated rings. The topological polar surface area (TPSA) is 54.4 Å². The summed E-state index contributed by atoms with van der Waals surface area (Å²) in [6, 6.07) is 3.33. The highest BCUT2D eigenvalue weighted by Gasteiger charge is 2.28. The van der Waals surface area contributed by atoms with Crippen LogP contribution in [0.2, 0.25) is 0 Å². The largest absolute Gasteiger partial charge is 0.493 e. The number of aromatic nitrogens is 1. The molecule has 0 saturated heterocycles. The Balaban J connectivity index is 2.34. The summed E-state index contributed by atoms with van der Waals surface area (Å²) >= 11 is 0. The molecule has 0 bridgehead atoms. The Morgan fingerprint density at radius 2 is 2.40 bits per heavy atom. The molecule has 0 spiro atoms. The zero-order valence-corrected chi connectivity index (χ0v) is 9.08. The Morgan fingerprint density at radius 1 is 1.60 bits per heavy atom. The van der Waals surface area contributed by atoms with Crippen LogP contribution in [0.4, 0.5) is 0 Å². The number of aromatic hydroxyl groups is 1. The average molecular weight is 208 g/mol. The second kappa shape index (κ2) is 3.70. The van der Waals surface area contributed by atoms with Crippen molar-refractivity contribution >= 4 is 0 Å². The van der Waals surface area contributed by atoms with Crippen LogP contribution in [-0.4, -0.2) is 22.2 Å².